The molecule has 0 radical (unpaired) electrons. The van der Waals surface area contributed by atoms with Crippen molar-refractivity contribution in [2.45, 2.75) is 26.7 Å². The van der Waals surface area contributed by atoms with Gasteiger partial charge in [-0.25, -0.2) is 0 Å². The minimum Gasteiger partial charge on any atom is -0.431 e. The molecule has 4 heteroatoms. The molecule has 0 N–H and O–H groups in total. The number of rotatable bonds is 4. The molecule has 0 unspecified atom stereocenters. The van der Waals surface area contributed by atoms with E-state index in [9.17, 15) is 9.59 Å². The predicted octanol–water partition coefficient (Wildman–Crippen LogP) is 1.36. The Balaban J connectivity index is 3.50. The molecular weight excluding hydrogens is 160 g/mol. The van der Waals surface area contributed by atoms with E-state index < -0.39 is 0 Å². The molecule has 0 aromatic heterocycles. The average Bonchev–Trinajstić information content (AvgIpc) is 2.11. The molecule has 0 aliphatic heterocycles. The van der Waals surface area contributed by atoms with Crippen LogP contribution in [0, 0.1) is 0 Å². The van der Waals surface area contributed by atoms with E-state index in [4.69, 9.17) is 0 Å². The van der Waals surface area contributed by atoms with E-state index >= 15 is 0 Å². The van der Waals surface area contributed by atoms with Gasteiger partial charge in [0, 0.05) is 12.8 Å². The van der Waals surface area contributed by atoms with Crippen molar-refractivity contribution in [1.82, 2.24) is 0 Å². The number of hydrogen-bond acceptors (Lipinski definition) is 4. The molecule has 0 fully saturated rings. The molecule has 0 spiro atoms. The fraction of sp³-hybridized carbons (Fsp3) is 0.500. The lowest BCUT2D eigenvalue weighted by Crippen LogP contribution is -1.98. The zero-order chi connectivity index (χ0) is 9.40. The Kier molecular flexibility index (Phi) is 5.69. The van der Waals surface area contributed by atoms with Gasteiger partial charge in [-0.1, -0.05) is 13.8 Å². The monoisotopic (exact) mass is 172 g/mol. The molecular formula is C8H12O4. The molecule has 0 aliphatic carbocycles. The fourth-order valence-corrected chi connectivity index (χ4v) is 0.374. The summed E-state index contributed by atoms with van der Waals surface area (Å²) in [6.07, 6.45) is 2.71. The van der Waals surface area contributed by atoms with E-state index in [1.165, 1.54) is 0 Å². The van der Waals surface area contributed by atoms with Gasteiger partial charge in [-0.05, 0) is 0 Å². The van der Waals surface area contributed by atoms with Gasteiger partial charge in [-0.15, -0.1) is 0 Å². The summed E-state index contributed by atoms with van der Waals surface area (Å²) in [6, 6.07) is 0. The first-order valence-corrected chi connectivity index (χ1v) is 3.74. The second kappa shape index (κ2) is 6.39. The second-order valence-corrected chi connectivity index (χ2v) is 1.96. The number of esters is 2. The zero-order valence-electron chi connectivity index (χ0n) is 7.20. The number of hydrogen-bond donors (Lipinski definition) is 0. The highest BCUT2D eigenvalue weighted by Gasteiger charge is 1.95. The van der Waals surface area contributed by atoms with Gasteiger partial charge in [0.25, 0.3) is 0 Å². The Hall–Kier alpha value is -1.32. The second-order valence-electron chi connectivity index (χ2n) is 1.96. The summed E-state index contributed by atoms with van der Waals surface area (Å²) < 4.78 is 8.98. The molecule has 0 aromatic carbocycles. The van der Waals surface area contributed by atoms with E-state index in [0.717, 1.165) is 12.5 Å². The van der Waals surface area contributed by atoms with Crippen LogP contribution in [0.15, 0.2) is 12.5 Å². The van der Waals surface area contributed by atoms with Crippen LogP contribution in [0.2, 0.25) is 0 Å². The molecule has 0 atom stereocenters. The summed E-state index contributed by atoms with van der Waals surface area (Å²) in [4.78, 5) is 21.0. The topological polar surface area (TPSA) is 52.6 Å². The molecule has 0 heterocycles. The zero-order valence-corrected chi connectivity index (χ0v) is 7.20. The largest absolute Gasteiger partial charge is 0.431 e. The van der Waals surface area contributed by atoms with E-state index in [0.29, 0.717) is 12.8 Å². The van der Waals surface area contributed by atoms with Crippen LogP contribution in [0.5, 0.6) is 0 Å². The first kappa shape index (κ1) is 10.7. The third-order valence-corrected chi connectivity index (χ3v) is 1.03. The van der Waals surface area contributed by atoms with Gasteiger partial charge in [0.1, 0.15) is 12.5 Å². The Morgan fingerprint density at radius 3 is 1.58 bits per heavy atom. The maximum Gasteiger partial charge on any atom is 0.310 e. The van der Waals surface area contributed by atoms with Crippen LogP contribution in [0.3, 0.4) is 0 Å². The fourth-order valence-electron chi connectivity index (χ4n) is 0.374. The van der Waals surface area contributed by atoms with E-state index in [-0.39, 0.29) is 11.9 Å². The van der Waals surface area contributed by atoms with E-state index in [2.05, 4.69) is 9.47 Å². The van der Waals surface area contributed by atoms with Crippen molar-refractivity contribution < 1.29 is 19.1 Å². The van der Waals surface area contributed by atoms with Crippen LogP contribution < -0.4 is 0 Å². The van der Waals surface area contributed by atoms with Gasteiger partial charge < -0.3 is 9.47 Å². The molecule has 0 bridgehead atoms. The lowest BCUT2D eigenvalue weighted by Gasteiger charge is -1.94. The van der Waals surface area contributed by atoms with Crippen LogP contribution in [-0.4, -0.2) is 11.9 Å². The van der Waals surface area contributed by atoms with Crippen LogP contribution in [0.25, 0.3) is 0 Å². The maximum atomic E-state index is 10.5. The van der Waals surface area contributed by atoms with Gasteiger partial charge >= 0.3 is 11.9 Å². The number of carbonyl (C=O) groups is 2. The Labute approximate surface area is 71.2 Å². The summed E-state index contributed by atoms with van der Waals surface area (Å²) in [5.74, 6) is -0.724. The van der Waals surface area contributed by atoms with Crippen molar-refractivity contribution in [2.24, 2.45) is 0 Å². The lowest BCUT2D eigenvalue weighted by atomic mass is 10.5. The van der Waals surface area contributed by atoms with Gasteiger partial charge in [0.05, 0.1) is 0 Å². The molecule has 0 amide bonds. The summed E-state index contributed by atoms with van der Waals surface area (Å²) in [5, 5.41) is 0. The van der Waals surface area contributed by atoms with Crippen molar-refractivity contribution in [3.05, 3.63) is 12.5 Å². The van der Waals surface area contributed by atoms with E-state index in [1.54, 1.807) is 13.8 Å². The normalized spacial score (nSPS) is 9.83. The van der Waals surface area contributed by atoms with Gasteiger partial charge in [-0.3, -0.25) is 9.59 Å². The summed E-state index contributed by atoms with van der Waals surface area (Å²) in [5.41, 5.74) is 0. The van der Waals surface area contributed by atoms with Crippen LogP contribution in [0.4, 0.5) is 0 Å². The molecule has 0 aliphatic rings. The Morgan fingerprint density at radius 2 is 1.33 bits per heavy atom. The Bertz CT molecular complexity index is 163. The molecule has 12 heavy (non-hydrogen) atoms. The number of carbonyl (C=O) groups excluding carboxylic acids is 2. The minimum atomic E-state index is -0.362. The van der Waals surface area contributed by atoms with Crippen molar-refractivity contribution >= 4 is 11.9 Å². The first-order valence-electron chi connectivity index (χ1n) is 3.74. The first-order chi connectivity index (χ1) is 5.70. The summed E-state index contributed by atoms with van der Waals surface area (Å²) in [7, 11) is 0. The minimum absolute atomic E-state index is 0.298. The SMILES string of the molecule is CCC(=O)OC=COC(=O)CC. The molecule has 0 aromatic rings. The number of ether oxygens (including phenoxy) is 2. The summed E-state index contributed by atoms with van der Waals surface area (Å²) in [6.45, 7) is 3.35. The summed E-state index contributed by atoms with van der Waals surface area (Å²) >= 11 is 0. The molecule has 68 valence electrons. The third-order valence-electron chi connectivity index (χ3n) is 1.03. The average molecular weight is 172 g/mol. The van der Waals surface area contributed by atoms with Crippen LogP contribution >= 0.6 is 0 Å². The lowest BCUT2D eigenvalue weighted by molar-refractivity contribution is -0.140. The van der Waals surface area contributed by atoms with Crippen LogP contribution in [0.1, 0.15) is 26.7 Å². The van der Waals surface area contributed by atoms with Gasteiger partial charge in [-0.2, -0.15) is 0 Å². The van der Waals surface area contributed by atoms with Gasteiger partial charge in [0.15, 0.2) is 0 Å². The smallest absolute Gasteiger partial charge is 0.310 e. The molecule has 0 rings (SSSR count). The van der Waals surface area contributed by atoms with Crippen molar-refractivity contribution in [1.29, 1.82) is 0 Å². The molecule has 4 nitrogen and oxygen atoms in total. The van der Waals surface area contributed by atoms with Gasteiger partial charge in [0.2, 0.25) is 0 Å². The van der Waals surface area contributed by atoms with Crippen molar-refractivity contribution in [3.63, 3.8) is 0 Å². The highest BCUT2D eigenvalue weighted by molar-refractivity contribution is 5.70. The highest BCUT2D eigenvalue weighted by Crippen LogP contribution is 1.88. The third kappa shape index (κ3) is 5.46. The van der Waals surface area contributed by atoms with Crippen molar-refractivity contribution in [2.75, 3.05) is 0 Å². The maximum absolute atomic E-state index is 10.5. The molecule has 0 saturated heterocycles. The predicted molar refractivity (Wildman–Crippen MR) is 41.9 cm³/mol. The highest BCUT2D eigenvalue weighted by atomic mass is 16.6. The van der Waals surface area contributed by atoms with Crippen molar-refractivity contribution in [3.8, 4) is 0 Å². The quantitative estimate of drug-likeness (QED) is 0.474. The molecule has 0 saturated carbocycles. The van der Waals surface area contributed by atoms with E-state index in [1.807, 2.05) is 0 Å². The Morgan fingerprint density at radius 1 is 1.00 bits per heavy atom. The standard InChI is InChI=1S/C8H12O4/c1-3-7(9)11-5-6-12-8(10)4-2/h5-6H,3-4H2,1-2H3. The van der Waals surface area contributed by atoms with Crippen LogP contribution in [-0.2, 0) is 19.1 Å².